The third-order valence-corrected chi connectivity index (χ3v) is 3.52. The maximum atomic E-state index is 13.8. The Morgan fingerprint density at radius 1 is 1.45 bits per heavy atom. The lowest BCUT2D eigenvalue weighted by atomic mass is 10.1. The van der Waals surface area contributed by atoms with Crippen molar-refractivity contribution in [2.24, 2.45) is 0 Å². The lowest BCUT2D eigenvalue weighted by Gasteiger charge is -2.26. The van der Waals surface area contributed by atoms with Crippen molar-refractivity contribution in [1.29, 1.82) is 0 Å². The maximum absolute atomic E-state index is 13.8. The van der Waals surface area contributed by atoms with Gasteiger partial charge in [-0.1, -0.05) is 17.7 Å². The number of carbonyl (C=O) groups is 1. The minimum atomic E-state index is -0.528. The number of nitrogens with zero attached hydrogens (tertiary/aromatic N) is 1. The van der Waals surface area contributed by atoms with Gasteiger partial charge in [-0.3, -0.25) is 4.90 Å². The maximum Gasteiger partial charge on any atom is 0.407 e. The number of rotatable bonds is 5. The third-order valence-electron chi connectivity index (χ3n) is 3.16. The van der Waals surface area contributed by atoms with E-state index in [9.17, 15) is 9.18 Å². The average molecular weight is 331 g/mol. The number of hydrogen-bond acceptors (Lipinski definition) is 3. The number of ether oxygens (including phenoxy) is 1. The average Bonchev–Trinajstić information content (AvgIpc) is 2.38. The van der Waals surface area contributed by atoms with Crippen LogP contribution in [0.4, 0.5) is 9.18 Å². The highest BCUT2D eigenvalue weighted by atomic mass is 35.5. The van der Waals surface area contributed by atoms with Crippen molar-refractivity contribution in [2.45, 2.75) is 45.9 Å². The van der Waals surface area contributed by atoms with E-state index in [0.717, 1.165) is 0 Å². The van der Waals surface area contributed by atoms with Gasteiger partial charge in [-0.2, -0.15) is 0 Å². The van der Waals surface area contributed by atoms with E-state index < -0.39 is 11.7 Å². The molecule has 0 aliphatic rings. The molecule has 1 aromatic rings. The Bertz CT molecular complexity index is 497. The molecule has 0 aliphatic heterocycles. The van der Waals surface area contributed by atoms with Gasteiger partial charge in [-0.15, -0.1) is 0 Å². The van der Waals surface area contributed by atoms with Crippen LogP contribution in [0.25, 0.3) is 0 Å². The van der Waals surface area contributed by atoms with Gasteiger partial charge in [-0.05, 0) is 46.9 Å². The lowest BCUT2D eigenvalue weighted by molar-refractivity contribution is 0.0512. The van der Waals surface area contributed by atoms with Crippen molar-refractivity contribution in [2.75, 3.05) is 13.6 Å². The summed E-state index contributed by atoms with van der Waals surface area (Å²) in [6.45, 7) is 8.12. The minimum Gasteiger partial charge on any atom is -0.444 e. The molecule has 124 valence electrons. The summed E-state index contributed by atoms with van der Waals surface area (Å²) in [4.78, 5) is 13.5. The molecule has 0 aromatic heterocycles. The number of alkyl carbamates (subject to hydrolysis) is 1. The molecule has 0 saturated carbocycles. The van der Waals surface area contributed by atoms with E-state index in [1.54, 1.807) is 12.1 Å². The SMILES string of the molecule is CC(CNC(=O)OC(C)(C)C)N(C)Cc1c(F)cccc1Cl. The fourth-order valence-corrected chi connectivity index (χ4v) is 2.01. The van der Waals surface area contributed by atoms with E-state index in [1.807, 2.05) is 39.6 Å². The molecule has 0 saturated heterocycles. The number of hydrogen-bond donors (Lipinski definition) is 1. The van der Waals surface area contributed by atoms with Crippen LogP contribution in [0.15, 0.2) is 18.2 Å². The highest BCUT2D eigenvalue weighted by Crippen LogP contribution is 2.20. The smallest absolute Gasteiger partial charge is 0.407 e. The van der Waals surface area contributed by atoms with Gasteiger partial charge in [0.1, 0.15) is 11.4 Å². The number of benzene rings is 1. The first-order valence-corrected chi connectivity index (χ1v) is 7.58. The van der Waals surface area contributed by atoms with E-state index in [2.05, 4.69) is 5.32 Å². The molecule has 0 radical (unpaired) electrons. The number of nitrogens with one attached hydrogen (secondary N) is 1. The molecule has 1 aromatic carbocycles. The van der Waals surface area contributed by atoms with Crippen LogP contribution in [0, 0.1) is 5.82 Å². The number of carbonyl (C=O) groups excluding carboxylic acids is 1. The molecule has 4 nitrogen and oxygen atoms in total. The summed E-state index contributed by atoms with van der Waals surface area (Å²) < 4.78 is 18.9. The van der Waals surface area contributed by atoms with Crippen molar-refractivity contribution in [1.82, 2.24) is 10.2 Å². The van der Waals surface area contributed by atoms with Crippen LogP contribution in [0.2, 0.25) is 5.02 Å². The molecule has 0 bridgehead atoms. The highest BCUT2D eigenvalue weighted by molar-refractivity contribution is 6.31. The molecule has 1 unspecified atom stereocenters. The Hall–Kier alpha value is -1.33. The molecule has 0 heterocycles. The van der Waals surface area contributed by atoms with Gasteiger partial charge in [0, 0.05) is 29.7 Å². The standard InChI is InChI=1S/C16H24ClFN2O2/c1-11(9-19-15(21)22-16(2,3)4)20(5)10-12-13(17)7-6-8-14(12)18/h6-8,11H,9-10H2,1-5H3,(H,19,21). The molecule has 1 amide bonds. The van der Waals surface area contributed by atoms with Gasteiger partial charge in [0.25, 0.3) is 0 Å². The third kappa shape index (κ3) is 6.20. The van der Waals surface area contributed by atoms with Crippen LogP contribution in [-0.2, 0) is 11.3 Å². The number of halogens is 2. The summed E-state index contributed by atoms with van der Waals surface area (Å²) >= 11 is 6.02. The van der Waals surface area contributed by atoms with Gasteiger partial charge < -0.3 is 10.1 Å². The summed E-state index contributed by atoms with van der Waals surface area (Å²) in [5.74, 6) is -0.327. The molecule has 1 atom stereocenters. The molecular formula is C16H24ClFN2O2. The van der Waals surface area contributed by atoms with Gasteiger partial charge >= 0.3 is 6.09 Å². The van der Waals surface area contributed by atoms with Gasteiger partial charge in [0.2, 0.25) is 0 Å². The van der Waals surface area contributed by atoms with Gasteiger partial charge in [0.15, 0.2) is 0 Å². The summed E-state index contributed by atoms with van der Waals surface area (Å²) in [5.41, 5.74) is -0.0734. The lowest BCUT2D eigenvalue weighted by Crippen LogP contribution is -2.41. The van der Waals surface area contributed by atoms with Crippen molar-refractivity contribution in [3.8, 4) is 0 Å². The molecule has 1 rings (SSSR count). The minimum absolute atomic E-state index is 0.00295. The normalized spacial score (nSPS) is 13.1. The zero-order valence-corrected chi connectivity index (χ0v) is 14.5. The topological polar surface area (TPSA) is 41.6 Å². The van der Waals surface area contributed by atoms with Crippen molar-refractivity contribution in [3.63, 3.8) is 0 Å². The Kier molecular flexibility index (Phi) is 6.63. The summed E-state index contributed by atoms with van der Waals surface area (Å²) in [6.07, 6.45) is -0.461. The molecular weight excluding hydrogens is 307 g/mol. The fourth-order valence-electron chi connectivity index (χ4n) is 1.79. The highest BCUT2D eigenvalue weighted by Gasteiger charge is 2.18. The Balaban J connectivity index is 2.52. The summed E-state index contributed by atoms with van der Waals surface area (Å²) in [6, 6.07) is 4.63. The van der Waals surface area contributed by atoms with Gasteiger partial charge in [-0.25, -0.2) is 9.18 Å². The molecule has 1 N–H and O–H groups in total. The van der Waals surface area contributed by atoms with Crippen molar-refractivity contribution >= 4 is 17.7 Å². The predicted molar refractivity (Wildman–Crippen MR) is 86.6 cm³/mol. The summed E-state index contributed by atoms with van der Waals surface area (Å²) in [5, 5.41) is 3.11. The van der Waals surface area contributed by atoms with Crippen molar-refractivity contribution in [3.05, 3.63) is 34.6 Å². The van der Waals surface area contributed by atoms with Crippen LogP contribution >= 0.6 is 11.6 Å². The Labute approximate surface area is 136 Å². The summed E-state index contributed by atoms with van der Waals surface area (Å²) in [7, 11) is 1.85. The van der Waals surface area contributed by atoms with E-state index >= 15 is 0 Å². The van der Waals surface area contributed by atoms with Crippen molar-refractivity contribution < 1.29 is 13.9 Å². The van der Waals surface area contributed by atoms with Crippen LogP contribution in [0.3, 0.4) is 0 Å². The second kappa shape index (κ2) is 7.79. The van der Waals surface area contributed by atoms with Crippen LogP contribution in [0.1, 0.15) is 33.3 Å². The first-order chi connectivity index (χ1) is 10.1. The zero-order valence-electron chi connectivity index (χ0n) is 13.7. The van der Waals surface area contributed by atoms with Crippen LogP contribution in [0.5, 0.6) is 0 Å². The van der Waals surface area contributed by atoms with Crippen LogP contribution in [-0.4, -0.2) is 36.2 Å². The molecule has 6 heteroatoms. The fraction of sp³-hybridized carbons (Fsp3) is 0.562. The monoisotopic (exact) mass is 330 g/mol. The number of amides is 1. The Morgan fingerprint density at radius 3 is 2.64 bits per heavy atom. The Morgan fingerprint density at radius 2 is 2.09 bits per heavy atom. The predicted octanol–water partition coefficient (Wildman–Crippen LogP) is 3.82. The van der Waals surface area contributed by atoms with Gasteiger partial charge in [0.05, 0.1) is 0 Å². The second-order valence-corrected chi connectivity index (χ2v) is 6.75. The van der Waals surface area contributed by atoms with E-state index in [1.165, 1.54) is 6.07 Å². The zero-order chi connectivity index (χ0) is 16.9. The largest absolute Gasteiger partial charge is 0.444 e. The quantitative estimate of drug-likeness (QED) is 0.892. The van der Waals surface area contributed by atoms with E-state index in [4.69, 9.17) is 16.3 Å². The first kappa shape index (κ1) is 18.7. The number of likely N-dealkylation sites (N-methyl/N-ethyl adjacent to an activating group) is 1. The molecule has 0 spiro atoms. The first-order valence-electron chi connectivity index (χ1n) is 7.20. The molecule has 22 heavy (non-hydrogen) atoms. The van der Waals surface area contributed by atoms with Crippen LogP contribution < -0.4 is 5.32 Å². The molecule has 0 fully saturated rings. The van der Waals surface area contributed by atoms with E-state index in [-0.39, 0.29) is 11.9 Å². The molecule has 0 aliphatic carbocycles. The van der Waals surface area contributed by atoms with E-state index in [0.29, 0.717) is 23.7 Å². The second-order valence-electron chi connectivity index (χ2n) is 6.35.